The minimum Gasteiger partial charge on any atom is -0.329 e. The van der Waals surface area contributed by atoms with Crippen molar-refractivity contribution in [3.05, 3.63) is 90.5 Å². The van der Waals surface area contributed by atoms with Gasteiger partial charge in [0.25, 0.3) is 0 Å². The number of piperazine rings is 1. The smallest absolute Gasteiger partial charge is 0.249 e. The zero-order valence-corrected chi connectivity index (χ0v) is 17.2. The van der Waals surface area contributed by atoms with Gasteiger partial charge in [0.1, 0.15) is 6.04 Å². The minimum absolute atomic E-state index is 0.0299. The van der Waals surface area contributed by atoms with Gasteiger partial charge in [-0.2, -0.15) is 0 Å². The lowest BCUT2D eigenvalue weighted by Gasteiger charge is -2.40. The summed E-state index contributed by atoms with van der Waals surface area (Å²) in [7, 11) is 0. The topological polar surface area (TPSA) is 40.6 Å². The molecule has 0 bridgehead atoms. The number of carbonyl (C=O) groups excluding carboxylic acids is 2. The summed E-state index contributed by atoms with van der Waals surface area (Å²) in [5.74, 6) is 0.00777. The van der Waals surface area contributed by atoms with Crippen LogP contribution in [-0.2, 0) is 16.0 Å². The SMILES string of the molecule is CC1C(=O)N(c2ccccc2-c2ccccc2)CCN1C(=O)CCc1ccccc1. The molecule has 0 aromatic heterocycles. The molecule has 0 spiro atoms. The molecule has 2 amide bonds. The minimum atomic E-state index is -0.467. The van der Waals surface area contributed by atoms with Gasteiger partial charge in [-0.1, -0.05) is 78.9 Å². The molecule has 1 atom stereocenters. The molecule has 0 N–H and O–H groups in total. The van der Waals surface area contributed by atoms with E-state index in [0.29, 0.717) is 25.9 Å². The fourth-order valence-corrected chi connectivity index (χ4v) is 4.06. The lowest BCUT2D eigenvalue weighted by Crippen LogP contribution is -2.57. The number of carbonyl (C=O) groups is 2. The Morgan fingerprint density at radius 3 is 2.23 bits per heavy atom. The number of hydrogen-bond donors (Lipinski definition) is 0. The summed E-state index contributed by atoms with van der Waals surface area (Å²) in [6, 6.07) is 27.6. The van der Waals surface area contributed by atoms with Gasteiger partial charge in [0.15, 0.2) is 0 Å². The zero-order chi connectivity index (χ0) is 20.9. The van der Waals surface area contributed by atoms with Crippen LogP contribution in [0.2, 0.25) is 0 Å². The van der Waals surface area contributed by atoms with Crippen LogP contribution in [0.3, 0.4) is 0 Å². The second-order valence-electron chi connectivity index (χ2n) is 7.62. The first-order chi connectivity index (χ1) is 14.6. The number of rotatable bonds is 5. The van der Waals surface area contributed by atoms with Crippen LogP contribution < -0.4 is 4.90 Å². The molecule has 1 fully saturated rings. The monoisotopic (exact) mass is 398 g/mol. The van der Waals surface area contributed by atoms with Gasteiger partial charge >= 0.3 is 0 Å². The first-order valence-electron chi connectivity index (χ1n) is 10.4. The molecule has 3 aromatic carbocycles. The van der Waals surface area contributed by atoms with Gasteiger partial charge in [0.2, 0.25) is 11.8 Å². The summed E-state index contributed by atoms with van der Waals surface area (Å²) >= 11 is 0. The van der Waals surface area contributed by atoms with E-state index in [1.807, 2.05) is 84.6 Å². The Balaban J connectivity index is 1.49. The number of benzene rings is 3. The molecule has 1 heterocycles. The van der Waals surface area contributed by atoms with Crippen molar-refractivity contribution in [2.45, 2.75) is 25.8 Å². The zero-order valence-electron chi connectivity index (χ0n) is 17.2. The molecule has 1 unspecified atom stereocenters. The van der Waals surface area contributed by atoms with E-state index in [0.717, 1.165) is 22.4 Å². The van der Waals surface area contributed by atoms with E-state index in [4.69, 9.17) is 0 Å². The molecule has 152 valence electrons. The summed E-state index contributed by atoms with van der Waals surface area (Å²) in [5, 5.41) is 0. The summed E-state index contributed by atoms with van der Waals surface area (Å²) in [6.45, 7) is 2.88. The summed E-state index contributed by atoms with van der Waals surface area (Å²) in [5.41, 5.74) is 4.15. The number of aryl methyl sites for hydroxylation is 1. The molecular weight excluding hydrogens is 372 g/mol. The highest BCUT2D eigenvalue weighted by Crippen LogP contribution is 2.32. The van der Waals surface area contributed by atoms with Crippen LogP contribution in [0.1, 0.15) is 18.9 Å². The van der Waals surface area contributed by atoms with Gasteiger partial charge < -0.3 is 9.80 Å². The van der Waals surface area contributed by atoms with Crippen molar-refractivity contribution in [3.8, 4) is 11.1 Å². The van der Waals surface area contributed by atoms with Crippen LogP contribution in [0.4, 0.5) is 5.69 Å². The lowest BCUT2D eigenvalue weighted by molar-refractivity contribution is -0.140. The van der Waals surface area contributed by atoms with Gasteiger partial charge in [0, 0.05) is 25.1 Å². The Hall–Kier alpha value is -3.40. The molecule has 4 heteroatoms. The average molecular weight is 399 g/mol. The molecule has 4 nitrogen and oxygen atoms in total. The summed E-state index contributed by atoms with van der Waals surface area (Å²) in [4.78, 5) is 29.6. The van der Waals surface area contributed by atoms with Gasteiger partial charge in [-0.15, -0.1) is 0 Å². The molecule has 30 heavy (non-hydrogen) atoms. The van der Waals surface area contributed by atoms with Gasteiger partial charge in [-0.3, -0.25) is 9.59 Å². The van der Waals surface area contributed by atoms with E-state index < -0.39 is 6.04 Å². The van der Waals surface area contributed by atoms with Crippen molar-refractivity contribution in [2.75, 3.05) is 18.0 Å². The van der Waals surface area contributed by atoms with Crippen molar-refractivity contribution >= 4 is 17.5 Å². The van der Waals surface area contributed by atoms with Crippen molar-refractivity contribution in [3.63, 3.8) is 0 Å². The summed E-state index contributed by atoms with van der Waals surface area (Å²) in [6.07, 6.45) is 1.11. The Kier molecular flexibility index (Phi) is 5.94. The molecule has 0 saturated carbocycles. The summed E-state index contributed by atoms with van der Waals surface area (Å²) < 4.78 is 0. The maximum Gasteiger partial charge on any atom is 0.249 e. The molecule has 1 saturated heterocycles. The number of amides is 2. The molecule has 0 radical (unpaired) electrons. The first-order valence-corrected chi connectivity index (χ1v) is 10.4. The Bertz CT molecular complexity index is 1020. The third kappa shape index (κ3) is 4.13. The second kappa shape index (κ2) is 8.95. The van der Waals surface area contributed by atoms with E-state index in [-0.39, 0.29) is 11.8 Å². The van der Waals surface area contributed by atoms with Crippen LogP contribution >= 0.6 is 0 Å². The highest BCUT2D eigenvalue weighted by atomic mass is 16.2. The Morgan fingerprint density at radius 2 is 1.50 bits per heavy atom. The van der Waals surface area contributed by atoms with Crippen molar-refractivity contribution in [1.29, 1.82) is 0 Å². The average Bonchev–Trinajstić information content (AvgIpc) is 2.80. The highest BCUT2D eigenvalue weighted by Gasteiger charge is 2.35. The number of anilines is 1. The van der Waals surface area contributed by atoms with E-state index in [9.17, 15) is 9.59 Å². The second-order valence-corrected chi connectivity index (χ2v) is 7.62. The predicted molar refractivity (Wildman–Crippen MR) is 120 cm³/mol. The van der Waals surface area contributed by atoms with Gasteiger partial charge in [0.05, 0.1) is 5.69 Å². The van der Waals surface area contributed by atoms with Crippen LogP contribution in [0.5, 0.6) is 0 Å². The normalized spacial score (nSPS) is 16.6. The molecule has 1 aliphatic rings. The van der Waals surface area contributed by atoms with Crippen molar-refractivity contribution < 1.29 is 9.59 Å². The fourth-order valence-electron chi connectivity index (χ4n) is 4.06. The van der Waals surface area contributed by atoms with E-state index in [1.54, 1.807) is 4.90 Å². The molecule has 4 rings (SSSR count). The standard InChI is InChI=1S/C26H26N2O2/c1-20-26(30)28(24-15-9-8-14-23(24)22-12-6-3-7-13-22)19-18-27(20)25(29)17-16-21-10-4-2-5-11-21/h2-15,20H,16-19H2,1H3. The van der Waals surface area contributed by atoms with Crippen LogP contribution in [0.15, 0.2) is 84.9 Å². The predicted octanol–water partition coefficient (Wildman–Crippen LogP) is 4.55. The molecule has 0 aliphatic carbocycles. The third-order valence-corrected chi connectivity index (χ3v) is 5.73. The third-order valence-electron chi connectivity index (χ3n) is 5.73. The Morgan fingerprint density at radius 1 is 0.867 bits per heavy atom. The highest BCUT2D eigenvalue weighted by molar-refractivity contribution is 6.03. The maximum atomic E-state index is 13.2. The number of hydrogen-bond acceptors (Lipinski definition) is 2. The van der Waals surface area contributed by atoms with Gasteiger partial charge in [-0.25, -0.2) is 0 Å². The quantitative estimate of drug-likeness (QED) is 0.633. The van der Waals surface area contributed by atoms with Crippen LogP contribution in [-0.4, -0.2) is 35.8 Å². The fraction of sp³-hybridized carbons (Fsp3) is 0.231. The number of para-hydroxylation sites is 1. The largest absolute Gasteiger partial charge is 0.329 e. The van der Waals surface area contributed by atoms with E-state index in [1.165, 1.54) is 0 Å². The molecule has 1 aliphatic heterocycles. The number of nitrogens with zero attached hydrogens (tertiary/aromatic N) is 2. The first kappa shape index (κ1) is 19.9. The van der Waals surface area contributed by atoms with E-state index >= 15 is 0 Å². The molecular formula is C26H26N2O2. The van der Waals surface area contributed by atoms with Crippen LogP contribution in [0.25, 0.3) is 11.1 Å². The Labute approximate surface area is 177 Å². The lowest BCUT2D eigenvalue weighted by atomic mass is 10.0. The van der Waals surface area contributed by atoms with Gasteiger partial charge in [-0.05, 0) is 30.5 Å². The molecule has 3 aromatic rings. The van der Waals surface area contributed by atoms with E-state index in [2.05, 4.69) is 12.1 Å². The maximum absolute atomic E-state index is 13.2. The van der Waals surface area contributed by atoms with Crippen molar-refractivity contribution in [1.82, 2.24) is 4.90 Å². The van der Waals surface area contributed by atoms with Crippen molar-refractivity contribution in [2.24, 2.45) is 0 Å². The van der Waals surface area contributed by atoms with Crippen LogP contribution in [0, 0.1) is 0 Å².